The Bertz CT molecular complexity index is 606. The summed E-state index contributed by atoms with van der Waals surface area (Å²) in [5.74, 6) is 1.20. The van der Waals surface area contributed by atoms with E-state index in [4.69, 9.17) is 20.5 Å². The number of nitriles is 1. The minimum atomic E-state index is -0.660. The van der Waals surface area contributed by atoms with Gasteiger partial charge in [-0.1, -0.05) is 36.4 Å². The molecule has 0 aromatic heterocycles. The first-order valence-corrected chi connectivity index (χ1v) is 6.24. The number of rotatable bonds is 5. The molecule has 0 saturated carbocycles. The Balaban J connectivity index is 2.14. The van der Waals surface area contributed by atoms with Gasteiger partial charge in [0.25, 0.3) is 0 Å². The fourth-order valence-corrected chi connectivity index (χ4v) is 1.81. The van der Waals surface area contributed by atoms with Crippen LogP contribution in [0.1, 0.15) is 17.2 Å². The molecular weight excluding hydrogens is 252 g/mol. The van der Waals surface area contributed by atoms with Gasteiger partial charge in [-0.2, -0.15) is 5.26 Å². The molecule has 0 spiro atoms. The number of methoxy groups -OCH3 is 1. The van der Waals surface area contributed by atoms with Crippen LogP contribution < -0.4 is 15.2 Å². The second-order valence-corrected chi connectivity index (χ2v) is 4.29. The molecule has 2 aromatic carbocycles. The molecule has 0 bridgehead atoms. The third-order valence-electron chi connectivity index (χ3n) is 2.92. The van der Waals surface area contributed by atoms with Crippen LogP contribution in [0.2, 0.25) is 0 Å². The number of hydrogen-bond acceptors (Lipinski definition) is 4. The molecule has 0 fully saturated rings. The van der Waals surface area contributed by atoms with Crippen molar-refractivity contribution in [1.82, 2.24) is 0 Å². The van der Waals surface area contributed by atoms with Gasteiger partial charge in [-0.15, -0.1) is 0 Å². The lowest BCUT2D eigenvalue weighted by molar-refractivity contribution is 0.284. The highest BCUT2D eigenvalue weighted by Crippen LogP contribution is 2.30. The van der Waals surface area contributed by atoms with E-state index in [2.05, 4.69) is 0 Å². The first kappa shape index (κ1) is 13.9. The van der Waals surface area contributed by atoms with Crippen LogP contribution in [-0.2, 0) is 6.61 Å². The van der Waals surface area contributed by atoms with Gasteiger partial charge in [0, 0.05) is 0 Å². The highest BCUT2D eigenvalue weighted by molar-refractivity contribution is 5.44. The Morgan fingerprint density at radius 2 is 1.90 bits per heavy atom. The van der Waals surface area contributed by atoms with E-state index in [-0.39, 0.29) is 0 Å². The quantitative estimate of drug-likeness (QED) is 0.905. The Kier molecular flexibility index (Phi) is 4.59. The lowest BCUT2D eigenvalue weighted by Gasteiger charge is -2.13. The molecule has 2 aromatic rings. The highest BCUT2D eigenvalue weighted by atomic mass is 16.5. The third-order valence-corrected chi connectivity index (χ3v) is 2.92. The molecule has 2 rings (SSSR count). The summed E-state index contributed by atoms with van der Waals surface area (Å²) in [5, 5.41) is 8.83. The second kappa shape index (κ2) is 6.60. The summed E-state index contributed by atoms with van der Waals surface area (Å²) in [6, 6.07) is 16.5. The summed E-state index contributed by atoms with van der Waals surface area (Å²) >= 11 is 0. The first-order valence-electron chi connectivity index (χ1n) is 6.24. The predicted octanol–water partition coefficient (Wildman–Crippen LogP) is 2.80. The fourth-order valence-electron chi connectivity index (χ4n) is 1.81. The van der Waals surface area contributed by atoms with Crippen molar-refractivity contribution in [3.05, 3.63) is 59.7 Å². The minimum Gasteiger partial charge on any atom is -0.493 e. The van der Waals surface area contributed by atoms with Gasteiger partial charge >= 0.3 is 0 Å². The van der Waals surface area contributed by atoms with Crippen LogP contribution in [0.5, 0.6) is 11.5 Å². The fraction of sp³-hybridized carbons (Fsp3) is 0.188. The zero-order valence-electron chi connectivity index (χ0n) is 11.2. The van der Waals surface area contributed by atoms with Crippen molar-refractivity contribution in [3.63, 3.8) is 0 Å². The SMILES string of the molecule is COc1cc([C@@H](N)C#N)ccc1OCc1ccccc1. The highest BCUT2D eigenvalue weighted by Gasteiger charge is 2.10. The van der Waals surface area contributed by atoms with Gasteiger partial charge in [-0.05, 0) is 23.3 Å². The average Bonchev–Trinajstić information content (AvgIpc) is 2.53. The Labute approximate surface area is 118 Å². The van der Waals surface area contributed by atoms with E-state index in [0.29, 0.717) is 23.7 Å². The molecule has 2 N–H and O–H groups in total. The summed E-state index contributed by atoms with van der Waals surface area (Å²) in [7, 11) is 1.56. The number of nitrogens with two attached hydrogens (primary N) is 1. The molecule has 0 saturated heterocycles. The Morgan fingerprint density at radius 3 is 2.55 bits per heavy atom. The van der Waals surface area contributed by atoms with Gasteiger partial charge < -0.3 is 15.2 Å². The van der Waals surface area contributed by atoms with Crippen LogP contribution >= 0.6 is 0 Å². The largest absolute Gasteiger partial charge is 0.493 e. The number of ether oxygens (including phenoxy) is 2. The van der Waals surface area contributed by atoms with E-state index in [1.807, 2.05) is 36.4 Å². The van der Waals surface area contributed by atoms with Crippen molar-refractivity contribution in [2.45, 2.75) is 12.6 Å². The smallest absolute Gasteiger partial charge is 0.161 e. The average molecular weight is 268 g/mol. The van der Waals surface area contributed by atoms with Crippen molar-refractivity contribution in [2.24, 2.45) is 5.73 Å². The third kappa shape index (κ3) is 3.28. The maximum Gasteiger partial charge on any atom is 0.161 e. The monoisotopic (exact) mass is 268 g/mol. The normalized spacial score (nSPS) is 11.4. The van der Waals surface area contributed by atoms with Crippen LogP contribution in [0.25, 0.3) is 0 Å². The summed E-state index contributed by atoms with van der Waals surface area (Å²) in [4.78, 5) is 0. The van der Waals surface area contributed by atoms with Gasteiger partial charge in [-0.3, -0.25) is 0 Å². The van der Waals surface area contributed by atoms with Gasteiger partial charge in [-0.25, -0.2) is 0 Å². The van der Waals surface area contributed by atoms with Crippen LogP contribution in [0, 0.1) is 11.3 Å². The first-order chi connectivity index (χ1) is 9.74. The number of hydrogen-bond donors (Lipinski definition) is 1. The molecule has 4 nitrogen and oxygen atoms in total. The maximum absolute atomic E-state index is 8.83. The Morgan fingerprint density at radius 1 is 1.15 bits per heavy atom. The molecule has 102 valence electrons. The van der Waals surface area contributed by atoms with E-state index in [1.54, 1.807) is 25.3 Å². The molecule has 0 amide bonds. The molecule has 0 aliphatic carbocycles. The van der Waals surface area contributed by atoms with Crippen molar-refractivity contribution in [1.29, 1.82) is 5.26 Å². The summed E-state index contributed by atoms with van der Waals surface area (Å²) in [6.07, 6.45) is 0. The molecule has 0 radical (unpaired) electrons. The topological polar surface area (TPSA) is 68.3 Å². The number of benzene rings is 2. The van der Waals surface area contributed by atoms with E-state index < -0.39 is 6.04 Å². The number of nitrogens with zero attached hydrogens (tertiary/aromatic N) is 1. The van der Waals surface area contributed by atoms with Crippen molar-refractivity contribution in [2.75, 3.05) is 7.11 Å². The predicted molar refractivity (Wildman–Crippen MR) is 76.3 cm³/mol. The van der Waals surface area contributed by atoms with Crippen molar-refractivity contribution >= 4 is 0 Å². The van der Waals surface area contributed by atoms with E-state index in [1.165, 1.54) is 0 Å². The van der Waals surface area contributed by atoms with Crippen LogP contribution in [0.3, 0.4) is 0 Å². The second-order valence-electron chi connectivity index (χ2n) is 4.29. The van der Waals surface area contributed by atoms with Gasteiger partial charge in [0.15, 0.2) is 11.5 Å². The zero-order valence-corrected chi connectivity index (χ0v) is 11.2. The maximum atomic E-state index is 8.83. The molecule has 0 aliphatic heterocycles. The lowest BCUT2D eigenvalue weighted by Crippen LogP contribution is -2.07. The van der Waals surface area contributed by atoms with Crippen LogP contribution in [-0.4, -0.2) is 7.11 Å². The van der Waals surface area contributed by atoms with Crippen molar-refractivity contribution < 1.29 is 9.47 Å². The molecule has 0 unspecified atom stereocenters. The van der Waals surface area contributed by atoms with E-state index in [0.717, 1.165) is 5.56 Å². The summed E-state index contributed by atoms with van der Waals surface area (Å²) in [5.41, 5.74) is 7.46. The Hall–Kier alpha value is -2.51. The summed E-state index contributed by atoms with van der Waals surface area (Å²) < 4.78 is 11.0. The molecule has 1 atom stereocenters. The van der Waals surface area contributed by atoms with Gasteiger partial charge in [0.2, 0.25) is 0 Å². The van der Waals surface area contributed by atoms with Crippen molar-refractivity contribution in [3.8, 4) is 17.6 Å². The molecular formula is C16H16N2O2. The van der Waals surface area contributed by atoms with E-state index in [9.17, 15) is 0 Å². The van der Waals surface area contributed by atoms with E-state index >= 15 is 0 Å². The standard InChI is InChI=1S/C16H16N2O2/c1-19-16-9-13(14(18)10-17)7-8-15(16)20-11-12-5-3-2-4-6-12/h2-9,14H,11,18H2,1H3/t14-/m0/s1. The van der Waals surface area contributed by atoms with Gasteiger partial charge in [0.05, 0.1) is 13.2 Å². The molecule has 20 heavy (non-hydrogen) atoms. The van der Waals surface area contributed by atoms with Gasteiger partial charge in [0.1, 0.15) is 12.6 Å². The molecule has 4 heteroatoms. The molecule has 0 aliphatic rings. The zero-order chi connectivity index (χ0) is 14.4. The van der Waals surface area contributed by atoms with Crippen LogP contribution in [0.4, 0.5) is 0 Å². The lowest BCUT2D eigenvalue weighted by atomic mass is 10.1. The van der Waals surface area contributed by atoms with Crippen LogP contribution in [0.15, 0.2) is 48.5 Å². The molecule has 0 heterocycles. The summed E-state index contributed by atoms with van der Waals surface area (Å²) in [6.45, 7) is 0.459. The minimum absolute atomic E-state index is 0.459.